The van der Waals surface area contributed by atoms with E-state index in [-0.39, 0.29) is 5.91 Å². The molecular weight excluding hydrogens is 442 g/mol. The number of fused-ring (bicyclic) bond motifs is 1. The second kappa shape index (κ2) is 7.50. The molecule has 0 radical (unpaired) electrons. The molecular formula is C20H16BrN3OS2. The van der Waals surface area contributed by atoms with Gasteiger partial charge in [-0.15, -0.1) is 11.3 Å². The molecule has 7 heteroatoms. The second-order valence-corrected chi connectivity index (χ2v) is 9.72. The van der Waals surface area contributed by atoms with Gasteiger partial charge in [-0.1, -0.05) is 23.5 Å². The largest absolute Gasteiger partial charge is 0.279 e. The quantitative estimate of drug-likeness (QED) is 0.378. The van der Waals surface area contributed by atoms with Crippen molar-refractivity contribution in [3.8, 4) is 0 Å². The van der Waals surface area contributed by atoms with Gasteiger partial charge in [-0.05, 0) is 70.7 Å². The summed E-state index contributed by atoms with van der Waals surface area (Å²) in [6, 6.07) is 11.8. The Morgan fingerprint density at radius 1 is 1.19 bits per heavy atom. The third kappa shape index (κ3) is 3.81. The van der Waals surface area contributed by atoms with Crippen LogP contribution in [-0.4, -0.2) is 15.9 Å². The molecule has 136 valence electrons. The highest BCUT2D eigenvalue weighted by Crippen LogP contribution is 2.34. The molecule has 0 bridgehead atoms. The smallest absolute Gasteiger partial charge is 0.270 e. The lowest BCUT2D eigenvalue weighted by Gasteiger charge is -2.19. The third-order valence-corrected chi connectivity index (χ3v) is 6.97. The van der Waals surface area contributed by atoms with E-state index in [1.165, 1.54) is 22.5 Å². The molecule has 3 aromatic heterocycles. The summed E-state index contributed by atoms with van der Waals surface area (Å²) in [4.78, 5) is 24.6. The normalized spacial score (nSPS) is 11.1. The average molecular weight is 458 g/mol. The van der Waals surface area contributed by atoms with E-state index in [2.05, 4.69) is 46.9 Å². The van der Waals surface area contributed by atoms with Crippen molar-refractivity contribution >= 4 is 59.9 Å². The Balaban J connectivity index is 1.79. The summed E-state index contributed by atoms with van der Waals surface area (Å²) in [5.74, 6) is -0.0528. The summed E-state index contributed by atoms with van der Waals surface area (Å²) in [6.45, 7) is 4.58. The van der Waals surface area contributed by atoms with Crippen molar-refractivity contribution in [3.63, 3.8) is 0 Å². The maximum absolute atomic E-state index is 13.3. The summed E-state index contributed by atoms with van der Waals surface area (Å²) >= 11 is 6.43. The molecule has 0 atom stereocenters. The van der Waals surface area contributed by atoms with E-state index in [1.807, 2.05) is 24.3 Å². The minimum Gasteiger partial charge on any atom is -0.279 e. The first-order chi connectivity index (χ1) is 13.0. The molecule has 1 aromatic carbocycles. The molecule has 27 heavy (non-hydrogen) atoms. The van der Waals surface area contributed by atoms with Crippen LogP contribution in [0.15, 0.2) is 52.6 Å². The fourth-order valence-electron chi connectivity index (χ4n) is 2.94. The van der Waals surface area contributed by atoms with E-state index in [0.29, 0.717) is 16.6 Å². The number of aromatic nitrogens is 2. The number of halogens is 1. The van der Waals surface area contributed by atoms with Crippen LogP contribution in [0.2, 0.25) is 0 Å². The molecule has 0 aliphatic heterocycles. The van der Waals surface area contributed by atoms with E-state index in [4.69, 9.17) is 4.98 Å². The number of nitrogens with zero attached hydrogens (tertiary/aromatic N) is 3. The molecule has 4 nitrogen and oxygen atoms in total. The summed E-state index contributed by atoms with van der Waals surface area (Å²) in [6.07, 6.45) is 3.52. The molecule has 4 rings (SSSR count). The van der Waals surface area contributed by atoms with E-state index in [0.717, 1.165) is 19.6 Å². The molecule has 0 aliphatic rings. The number of aryl methyl sites for hydroxylation is 2. The number of hydrogen-bond donors (Lipinski definition) is 0. The maximum atomic E-state index is 13.3. The Morgan fingerprint density at radius 2 is 2.04 bits per heavy atom. The lowest BCUT2D eigenvalue weighted by Crippen LogP contribution is -2.29. The summed E-state index contributed by atoms with van der Waals surface area (Å²) in [5.41, 5.74) is 4.25. The molecule has 0 saturated heterocycles. The van der Waals surface area contributed by atoms with Crippen molar-refractivity contribution in [3.05, 3.63) is 74.1 Å². The Kier molecular flexibility index (Phi) is 5.08. The van der Waals surface area contributed by atoms with Crippen molar-refractivity contribution in [1.82, 2.24) is 9.97 Å². The van der Waals surface area contributed by atoms with Gasteiger partial charge >= 0.3 is 0 Å². The van der Waals surface area contributed by atoms with Gasteiger partial charge in [-0.25, -0.2) is 4.98 Å². The second-order valence-electron chi connectivity index (χ2n) is 6.28. The third-order valence-electron chi connectivity index (χ3n) is 4.13. The first kappa shape index (κ1) is 18.3. The average Bonchev–Trinajstić information content (AvgIpc) is 3.26. The number of hydrogen-bond acceptors (Lipinski definition) is 5. The Hall–Kier alpha value is -2.09. The van der Waals surface area contributed by atoms with Crippen molar-refractivity contribution < 1.29 is 4.79 Å². The zero-order valence-electron chi connectivity index (χ0n) is 14.8. The van der Waals surface area contributed by atoms with Crippen LogP contribution < -0.4 is 4.90 Å². The van der Waals surface area contributed by atoms with E-state index in [1.54, 1.807) is 28.6 Å². The topological polar surface area (TPSA) is 46.1 Å². The van der Waals surface area contributed by atoms with E-state index in [9.17, 15) is 4.79 Å². The zero-order valence-corrected chi connectivity index (χ0v) is 18.0. The van der Waals surface area contributed by atoms with Gasteiger partial charge in [-0.2, -0.15) is 0 Å². The highest BCUT2D eigenvalue weighted by Gasteiger charge is 2.23. The first-order valence-corrected chi connectivity index (χ1v) is 10.8. The van der Waals surface area contributed by atoms with Crippen molar-refractivity contribution in [1.29, 1.82) is 0 Å². The molecule has 0 fully saturated rings. The minimum atomic E-state index is -0.0528. The van der Waals surface area contributed by atoms with Crippen LogP contribution in [0.5, 0.6) is 0 Å². The van der Waals surface area contributed by atoms with Crippen molar-refractivity contribution in [2.24, 2.45) is 0 Å². The van der Waals surface area contributed by atoms with Gasteiger partial charge in [0.2, 0.25) is 0 Å². The van der Waals surface area contributed by atoms with Crippen LogP contribution in [0, 0.1) is 13.8 Å². The van der Waals surface area contributed by atoms with Crippen LogP contribution in [-0.2, 0) is 6.54 Å². The lowest BCUT2D eigenvalue weighted by atomic mass is 10.1. The molecule has 0 N–H and O–H groups in total. The SMILES string of the molecule is Cc1cc(C)c2sc(N(Cc3cccnc3)C(=O)c3ccc(Br)s3)nc2c1. The van der Waals surface area contributed by atoms with Crippen LogP contribution in [0.1, 0.15) is 26.4 Å². The number of amides is 1. The highest BCUT2D eigenvalue weighted by atomic mass is 79.9. The molecule has 0 unspecified atom stereocenters. The standard InChI is InChI=1S/C20H16BrN3OS2/c1-12-8-13(2)18-15(9-12)23-20(27-18)24(11-14-4-3-7-22-10-14)19(25)16-5-6-17(21)26-16/h3-10H,11H2,1-2H3. The predicted molar refractivity (Wildman–Crippen MR) is 116 cm³/mol. The molecule has 0 aliphatic carbocycles. The number of carbonyl (C=O) groups is 1. The van der Waals surface area contributed by atoms with Crippen LogP contribution in [0.4, 0.5) is 5.13 Å². The molecule has 3 heterocycles. The Morgan fingerprint density at radius 3 is 2.74 bits per heavy atom. The monoisotopic (exact) mass is 457 g/mol. The summed E-state index contributed by atoms with van der Waals surface area (Å²) in [5, 5.41) is 0.706. The molecule has 1 amide bonds. The molecule has 4 aromatic rings. The number of anilines is 1. The first-order valence-electron chi connectivity index (χ1n) is 8.35. The summed E-state index contributed by atoms with van der Waals surface area (Å²) in [7, 11) is 0. The van der Waals surface area contributed by atoms with Gasteiger partial charge in [0.15, 0.2) is 5.13 Å². The van der Waals surface area contributed by atoms with Gasteiger partial charge in [0.1, 0.15) is 0 Å². The van der Waals surface area contributed by atoms with Gasteiger partial charge in [0.05, 0.1) is 25.4 Å². The maximum Gasteiger partial charge on any atom is 0.270 e. The van der Waals surface area contributed by atoms with Crippen molar-refractivity contribution in [2.75, 3.05) is 4.90 Å². The zero-order chi connectivity index (χ0) is 19.0. The number of carbonyl (C=O) groups excluding carboxylic acids is 1. The van der Waals surface area contributed by atoms with Gasteiger partial charge in [0.25, 0.3) is 5.91 Å². The van der Waals surface area contributed by atoms with Crippen LogP contribution >= 0.6 is 38.6 Å². The Labute approximate surface area is 173 Å². The van der Waals surface area contributed by atoms with Gasteiger partial charge in [-0.3, -0.25) is 14.7 Å². The van der Waals surface area contributed by atoms with Crippen molar-refractivity contribution in [2.45, 2.75) is 20.4 Å². The number of benzene rings is 1. The predicted octanol–water partition coefficient (Wildman–Crippen LogP) is 5.98. The van der Waals surface area contributed by atoms with Crippen LogP contribution in [0.3, 0.4) is 0 Å². The fourth-order valence-corrected chi connectivity index (χ4v) is 5.29. The molecule has 0 spiro atoms. The van der Waals surface area contributed by atoms with Crippen LogP contribution in [0.25, 0.3) is 10.2 Å². The van der Waals surface area contributed by atoms with Gasteiger partial charge in [0, 0.05) is 12.4 Å². The molecule has 0 saturated carbocycles. The minimum absolute atomic E-state index is 0.0528. The Bertz CT molecular complexity index is 1120. The highest BCUT2D eigenvalue weighted by molar-refractivity contribution is 9.11. The number of rotatable bonds is 4. The number of thiazole rings is 1. The number of pyridine rings is 1. The summed E-state index contributed by atoms with van der Waals surface area (Å²) < 4.78 is 2.05. The number of thiophene rings is 1. The van der Waals surface area contributed by atoms with E-state index < -0.39 is 0 Å². The lowest BCUT2D eigenvalue weighted by molar-refractivity contribution is 0.0989. The van der Waals surface area contributed by atoms with E-state index >= 15 is 0 Å². The van der Waals surface area contributed by atoms with Gasteiger partial charge < -0.3 is 0 Å². The fraction of sp³-hybridized carbons (Fsp3) is 0.150.